The zero-order chi connectivity index (χ0) is 9.03. The van der Waals surface area contributed by atoms with Gasteiger partial charge in [0.05, 0.1) is 5.54 Å². The summed E-state index contributed by atoms with van der Waals surface area (Å²) in [5, 5.41) is 3.69. The molecule has 0 saturated heterocycles. The second kappa shape index (κ2) is 3.28. The predicted octanol–water partition coefficient (Wildman–Crippen LogP) is 3.03. The lowest BCUT2D eigenvalue weighted by Gasteiger charge is -2.17. The molecule has 12 heavy (non-hydrogen) atoms. The van der Waals surface area contributed by atoms with Crippen LogP contribution in [0.4, 0.5) is 0 Å². The van der Waals surface area contributed by atoms with Gasteiger partial charge in [-0.15, -0.1) is 0 Å². The van der Waals surface area contributed by atoms with Gasteiger partial charge in [0.2, 0.25) is 0 Å². The molecule has 3 heteroatoms. The third-order valence-corrected chi connectivity index (χ3v) is 1.72. The molecule has 0 aromatic heterocycles. The Morgan fingerprint density at radius 3 is 2.50 bits per heavy atom. The van der Waals surface area contributed by atoms with Crippen LogP contribution in [0.2, 0.25) is 0 Å². The summed E-state index contributed by atoms with van der Waals surface area (Å²) in [7, 11) is 0. The maximum Gasteiger partial charge on any atom is 0.0681 e. The van der Waals surface area contributed by atoms with Crippen molar-refractivity contribution >= 4 is 0 Å². The van der Waals surface area contributed by atoms with Crippen LogP contribution in [0.1, 0.15) is 19.4 Å². The van der Waals surface area contributed by atoms with Gasteiger partial charge in [-0.3, -0.25) is 0 Å². The van der Waals surface area contributed by atoms with Gasteiger partial charge in [-0.05, 0) is 17.2 Å². The fourth-order valence-corrected chi connectivity index (χ4v) is 0.964. The highest BCUT2D eigenvalue weighted by molar-refractivity contribution is 5.22. The van der Waals surface area contributed by atoms with E-state index in [1.807, 2.05) is 38.1 Å². The predicted molar refractivity (Wildman–Crippen MR) is 47.5 cm³/mol. The Labute approximate surface area is 71.7 Å². The van der Waals surface area contributed by atoms with Crippen LogP contribution in [-0.2, 0) is 5.54 Å². The summed E-state index contributed by atoms with van der Waals surface area (Å²) < 4.78 is 0. The zero-order valence-electron chi connectivity index (χ0n) is 7.15. The Morgan fingerprint density at radius 1 is 1.42 bits per heavy atom. The summed E-state index contributed by atoms with van der Waals surface area (Å²) in [5.41, 5.74) is 8.84. The minimum Gasteiger partial charge on any atom is -0.0831 e. The lowest BCUT2D eigenvalue weighted by Crippen LogP contribution is -2.11. The maximum atomic E-state index is 8.31. The number of rotatable bonds is 2. The number of azide groups is 1. The van der Waals surface area contributed by atoms with Crippen molar-refractivity contribution in [2.75, 3.05) is 0 Å². The standard InChI is InChI=1S/C9H10N3/c1-9(2,11-12-10)8-6-4-3-5-7-8/h4-7H,1-2H3. The molecule has 0 amide bonds. The van der Waals surface area contributed by atoms with Gasteiger partial charge in [0.25, 0.3) is 0 Å². The summed E-state index contributed by atoms with van der Waals surface area (Å²) in [6.07, 6.45) is 0. The van der Waals surface area contributed by atoms with Gasteiger partial charge in [-0.1, -0.05) is 43.2 Å². The van der Waals surface area contributed by atoms with Crippen LogP contribution in [-0.4, -0.2) is 0 Å². The van der Waals surface area contributed by atoms with Crippen molar-refractivity contribution in [2.24, 2.45) is 5.11 Å². The lowest BCUT2D eigenvalue weighted by atomic mass is 9.96. The molecule has 0 fully saturated rings. The van der Waals surface area contributed by atoms with Crippen LogP contribution < -0.4 is 0 Å². The minimum absolute atomic E-state index is 0.468. The molecular formula is C9H10N3. The molecule has 0 bridgehead atoms. The first-order valence-corrected chi connectivity index (χ1v) is 3.69. The van der Waals surface area contributed by atoms with E-state index in [0.29, 0.717) is 0 Å². The van der Waals surface area contributed by atoms with E-state index in [9.17, 15) is 0 Å². The van der Waals surface area contributed by atoms with E-state index in [4.69, 9.17) is 5.53 Å². The highest BCUT2D eigenvalue weighted by Gasteiger charge is 2.17. The Balaban J connectivity index is 3.05. The van der Waals surface area contributed by atoms with E-state index < -0.39 is 5.54 Å². The molecular weight excluding hydrogens is 150 g/mol. The molecule has 0 N–H and O–H groups in total. The van der Waals surface area contributed by atoms with Gasteiger partial charge in [-0.25, -0.2) is 0 Å². The Hall–Kier alpha value is -1.47. The van der Waals surface area contributed by atoms with Crippen LogP contribution in [0, 0.1) is 6.07 Å². The normalized spacial score (nSPS) is 10.5. The molecule has 61 valence electrons. The summed E-state index contributed by atoms with van der Waals surface area (Å²) in [6, 6.07) is 10.3. The number of benzene rings is 1. The van der Waals surface area contributed by atoms with Crippen molar-refractivity contribution < 1.29 is 0 Å². The van der Waals surface area contributed by atoms with Crippen molar-refractivity contribution in [3.63, 3.8) is 0 Å². The zero-order valence-corrected chi connectivity index (χ0v) is 7.15. The van der Waals surface area contributed by atoms with E-state index in [2.05, 4.69) is 16.1 Å². The first-order valence-electron chi connectivity index (χ1n) is 3.69. The molecule has 0 aliphatic heterocycles. The van der Waals surface area contributed by atoms with Crippen molar-refractivity contribution in [2.45, 2.75) is 19.4 Å². The first-order chi connectivity index (χ1) is 5.67. The summed E-state index contributed by atoms with van der Waals surface area (Å²) >= 11 is 0. The maximum absolute atomic E-state index is 8.31. The molecule has 1 radical (unpaired) electrons. The quantitative estimate of drug-likeness (QED) is 0.362. The van der Waals surface area contributed by atoms with Crippen LogP contribution >= 0.6 is 0 Å². The van der Waals surface area contributed by atoms with E-state index in [1.54, 1.807) is 0 Å². The summed E-state index contributed by atoms with van der Waals surface area (Å²) in [6.45, 7) is 3.75. The van der Waals surface area contributed by atoms with Crippen LogP contribution in [0.25, 0.3) is 10.4 Å². The van der Waals surface area contributed by atoms with E-state index in [1.165, 1.54) is 0 Å². The lowest BCUT2D eigenvalue weighted by molar-refractivity contribution is 0.550. The number of hydrogen-bond acceptors (Lipinski definition) is 1. The minimum atomic E-state index is -0.468. The summed E-state index contributed by atoms with van der Waals surface area (Å²) in [5.74, 6) is 0. The second-order valence-corrected chi connectivity index (χ2v) is 3.04. The Morgan fingerprint density at radius 2 is 2.00 bits per heavy atom. The molecule has 1 aromatic carbocycles. The van der Waals surface area contributed by atoms with Gasteiger partial charge in [-0.2, -0.15) is 0 Å². The average molecular weight is 160 g/mol. The number of nitrogens with zero attached hydrogens (tertiary/aromatic N) is 3. The Bertz CT molecular complexity index is 297. The molecule has 0 atom stereocenters. The molecule has 0 unspecified atom stereocenters. The third-order valence-electron chi connectivity index (χ3n) is 1.72. The smallest absolute Gasteiger partial charge is 0.0681 e. The van der Waals surface area contributed by atoms with Crippen molar-refractivity contribution in [1.82, 2.24) is 0 Å². The van der Waals surface area contributed by atoms with Crippen molar-refractivity contribution in [1.29, 1.82) is 0 Å². The molecule has 0 saturated carbocycles. The van der Waals surface area contributed by atoms with Crippen LogP contribution in [0.3, 0.4) is 0 Å². The van der Waals surface area contributed by atoms with Crippen molar-refractivity contribution in [3.05, 3.63) is 46.3 Å². The Kier molecular flexibility index (Phi) is 2.36. The molecule has 3 nitrogen and oxygen atoms in total. The molecule has 0 aliphatic rings. The largest absolute Gasteiger partial charge is 0.0831 e. The SMILES string of the molecule is CC(C)(N=[N+]=[N-])c1cc[c]cc1. The molecule has 1 aromatic rings. The number of hydrogen-bond donors (Lipinski definition) is 0. The van der Waals surface area contributed by atoms with E-state index in [-0.39, 0.29) is 0 Å². The second-order valence-electron chi connectivity index (χ2n) is 3.04. The molecule has 1 rings (SSSR count). The van der Waals surface area contributed by atoms with Gasteiger partial charge in [0.15, 0.2) is 0 Å². The monoisotopic (exact) mass is 160 g/mol. The van der Waals surface area contributed by atoms with Crippen LogP contribution in [0.5, 0.6) is 0 Å². The average Bonchev–Trinajstić information content (AvgIpc) is 2.06. The van der Waals surface area contributed by atoms with Gasteiger partial charge in [0.1, 0.15) is 0 Å². The van der Waals surface area contributed by atoms with Crippen LogP contribution in [0.15, 0.2) is 29.4 Å². The van der Waals surface area contributed by atoms with E-state index >= 15 is 0 Å². The molecule has 0 heterocycles. The van der Waals surface area contributed by atoms with Gasteiger partial charge in [0, 0.05) is 4.91 Å². The molecule has 0 spiro atoms. The van der Waals surface area contributed by atoms with Gasteiger partial charge < -0.3 is 0 Å². The first kappa shape index (κ1) is 8.62. The summed E-state index contributed by atoms with van der Waals surface area (Å²) in [4.78, 5) is 2.80. The fourth-order valence-electron chi connectivity index (χ4n) is 0.964. The van der Waals surface area contributed by atoms with Gasteiger partial charge >= 0.3 is 0 Å². The van der Waals surface area contributed by atoms with Crippen molar-refractivity contribution in [3.8, 4) is 0 Å². The third kappa shape index (κ3) is 1.77. The highest BCUT2D eigenvalue weighted by Crippen LogP contribution is 2.23. The fraction of sp³-hybridized carbons (Fsp3) is 0.333. The topological polar surface area (TPSA) is 48.8 Å². The highest BCUT2D eigenvalue weighted by atomic mass is 15.2. The van der Waals surface area contributed by atoms with E-state index in [0.717, 1.165) is 5.56 Å². The molecule has 0 aliphatic carbocycles.